The second kappa shape index (κ2) is 7.79. The third kappa shape index (κ3) is 3.65. The van der Waals surface area contributed by atoms with Gasteiger partial charge in [-0.3, -0.25) is 4.90 Å². The molecule has 3 aromatic rings. The Kier molecular flexibility index (Phi) is 5.38. The average Bonchev–Trinajstić information content (AvgIpc) is 2.73. The van der Waals surface area contributed by atoms with Gasteiger partial charge in [-0.15, -0.1) is 0 Å². The van der Waals surface area contributed by atoms with Gasteiger partial charge in [-0.2, -0.15) is 4.31 Å². The summed E-state index contributed by atoms with van der Waals surface area (Å²) < 4.78 is 27.1. The zero-order valence-electron chi connectivity index (χ0n) is 15.7. The summed E-state index contributed by atoms with van der Waals surface area (Å²) in [5, 5.41) is 1.76. The number of halogens is 1. The summed E-state index contributed by atoms with van der Waals surface area (Å²) in [7, 11) is -3.44. The van der Waals surface area contributed by atoms with Crippen LogP contribution in [-0.2, 0) is 16.6 Å². The second-order valence-electron chi connectivity index (χ2n) is 7.01. The lowest BCUT2D eigenvalue weighted by Gasteiger charge is -2.34. The highest BCUT2D eigenvalue weighted by Crippen LogP contribution is 2.28. The quantitative estimate of drug-likeness (QED) is 0.652. The van der Waals surface area contributed by atoms with Gasteiger partial charge in [0.05, 0.1) is 21.1 Å². The van der Waals surface area contributed by atoms with E-state index in [-0.39, 0.29) is 0 Å². The summed E-state index contributed by atoms with van der Waals surface area (Å²) in [6.07, 6.45) is 0. The number of hydrogen-bond donors (Lipinski definition) is 0. The van der Waals surface area contributed by atoms with Crippen LogP contribution in [0.3, 0.4) is 0 Å². The molecule has 2 heterocycles. The molecule has 0 radical (unpaired) electrons. The van der Waals surface area contributed by atoms with Gasteiger partial charge in [0.2, 0.25) is 10.0 Å². The minimum absolute atomic E-state index is 0.346. The molecule has 1 aromatic heterocycles. The zero-order chi connectivity index (χ0) is 19.7. The number of piperazine rings is 1. The minimum atomic E-state index is -3.44. The van der Waals surface area contributed by atoms with Crippen molar-refractivity contribution in [3.63, 3.8) is 0 Å². The van der Waals surface area contributed by atoms with E-state index in [1.165, 1.54) is 0 Å². The molecule has 0 unspecified atom stereocenters. The van der Waals surface area contributed by atoms with Gasteiger partial charge in [-0.05, 0) is 30.7 Å². The molecule has 0 saturated carbocycles. The summed E-state index contributed by atoms with van der Waals surface area (Å²) in [6, 6.07) is 16.6. The maximum atomic E-state index is 12.8. The summed E-state index contributed by atoms with van der Waals surface area (Å²) in [5.41, 5.74) is 2.81. The number of benzene rings is 2. The number of para-hydroxylation sites is 1. The van der Waals surface area contributed by atoms with E-state index in [9.17, 15) is 8.42 Å². The van der Waals surface area contributed by atoms with Crippen LogP contribution < -0.4 is 0 Å². The molecule has 1 aliphatic heterocycles. The molecule has 0 amide bonds. The van der Waals surface area contributed by atoms with Crippen molar-refractivity contribution in [3.8, 4) is 0 Å². The molecule has 28 heavy (non-hydrogen) atoms. The number of aromatic nitrogens is 1. The predicted octanol–water partition coefficient (Wildman–Crippen LogP) is 3.70. The van der Waals surface area contributed by atoms with E-state index in [2.05, 4.69) is 4.90 Å². The van der Waals surface area contributed by atoms with E-state index in [0.717, 1.165) is 22.2 Å². The first-order chi connectivity index (χ1) is 13.5. The number of hydrogen-bond acceptors (Lipinski definition) is 4. The second-order valence-corrected chi connectivity index (χ2v) is 9.32. The summed E-state index contributed by atoms with van der Waals surface area (Å²) in [4.78, 5) is 7.29. The number of rotatable bonds is 4. The first-order valence-electron chi connectivity index (χ1n) is 9.28. The normalized spacial score (nSPS) is 16.5. The van der Waals surface area contributed by atoms with Crippen molar-refractivity contribution in [1.82, 2.24) is 14.2 Å². The molecule has 4 rings (SSSR count). The molecule has 2 aromatic carbocycles. The summed E-state index contributed by atoms with van der Waals surface area (Å²) in [5.74, 6) is 0. The molecule has 0 bridgehead atoms. The Morgan fingerprint density at radius 3 is 2.32 bits per heavy atom. The van der Waals surface area contributed by atoms with Crippen molar-refractivity contribution in [2.45, 2.75) is 18.4 Å². The molecule has 0 spiro atoms. The molecule has 0 atom stereocenters. The van der Waals surface area contributed by atoms with Gasteiger partial charge in [0.25, 0.3) is 0 Å². The maximum absolute atomic E-state index is 12.8. The van der Waals surface area contributed by atoms with Crippen LogP contribution in [-0.4, -0.2) is 48.8 Å². The number of fused-ring (bicyclic) bond motifs is 1. The van der Waals surface area contributed by atoms with Gasteiger partial charge < -0.3 is 0 Å². The Hall–Kier alpha value is -1.99. The van der Waals surface area contributed by atoms with Gasteiger partial charge in [0.15, 0.2) is 0 Å². The number of sulfonamides is 1. The van der Waals surface area contributed by atoms with E-state index >= 15 is 0 Å². The van der Waals surface area contributed by atoms with Gasteiger partial charge in [-0.25, -0.2) is 13.4 Å². The number of aryl methyl sites for hydroxylation is 1. The monoisotopic (exact) mass is 415 g/mol. The molecule has 1 aliphatic rings. The molecule has 146 valence electrons. The smallest absolute Gasteiger partial charge is 0.243 e. The van der Waals surface area contributed by atoms with E-state index < -0.39 is 10.0 Å². The van der Waals surface area contributed by atoms with Gasteiger partial charge in [0, 0.05) is 38.1 Å². The van der Waals surface area contributed by atoms with Crippen LogP contribution in [0.1, 0.15) is 11.3 Å². The van der Waals surface area contributed by atoms with E-state index in [1.807, 2.05) is 37.3 Å². The topological polar surface area (TPSA) is 53.5 Å². The average molecular weight is 416 g/mol. The Balaban J connectivity index is 1.48. The van der Waals surface area contributed by atoms with Gasteiger partial charge in [0.1, 0.15) is 0 Å². The zero-order valence-corrected chi connectivity index (χ0v) is 17.2. The lowest BCUT2D eigenvalue weighted by Crippen LogP contribution is -2.48. The lowest BCUT2D eigenvalue weighted by atomic mass is 10.1. The molecular formula is C21H22ClN3O2S. The van der Waals surface area contributed by atoms with Crippen molar-refractivity contribution >= 4 is 32.5 Å². The molecule has 0 aliphatic carbocycles. The standard InChI is InChI=1S/C21H22ClN3O2S/c1-16-18-9-5-6-10-19(18)23-20(21(16)22)15-24-11-13-25(14-12-24)28(26,27)17-7-3-2-4-8-17/h2-10H,11-15H2,1H3. The van der Waals surface area contributed by atoms with E-state index in [4.69, 9.17) is 16.6 Å². The fourth-order valence-electron chi connectivity index (χ4n) is 3.60. The molecular weight excluding hydrogens is 394 g/mol. The summed E-state index contributed by atoms with van der Waals surface area (Å²) in [6.45, 7) is 4.85. The van der Waals surface area contributed by atoms with Crippen LogP contribution in [0.2, 0.25) is 5.02 Å². The highest BCUT2D eigenvalue weighted by atomic mass is 35.5. The first kappa shape index (κ1) is 19.3. The van der Waals surface area contributed by atoms with Gasteiger partial charge in [-0.1, -0.05) is 48.0 Å². The van der Waals surface area contributed by atoms with Crippen LogP contribution in [0, 0.1) is 6.92 Å². The highest BCUT2D eigenvalue weighted by molar-refractivity contribution is 7.89. The number of nitrogens with zero attached hydrogens (tertiary/aromatic N) is 3. The van der Waals surface area contributed by atoms with Crippen LogP contribution >= 0.6 is 11.6 Å². The maximum Gasteiger partial charge on any atom is 0.243 e. The summed E-state index contributed by atoms with van der Waals surface area (Å²) >= 11 is 6.58. The third-order valence-corrected chi connectivity index (χ3v) is 7.65. The fraction of sp³-hybridized carbons (Fsp3) is 0.286. The van der Waals surface area contributed by atoms with Gasteiger partial charge >= 0.3 is 0 Å². The SMILES string of the molecule is Cc1c(Cl)c(CN2CCN(S(=O)(=O)c3ccccc3)CC2)nc2ccccc12. The van der Waals surface area contributed by atoms with Crippen LogP contribution in [0.5, 0.6) is 0 Å². The molecule has 1 fully saturated rings. The van der Waals surface area contributed by atoms with Crippen molar-refractivity contribution in [1.29, 1.82) is 0 Å². The largest absolute Gasteiger partial charge is 0.295 e. The molecule has 0 N–H and O–H groups in total. The van der Waals surface area contributed by atoms with E-state index in [1.54, 1.807) is 28.6 Å². The minimum Gasteiger partial charge on any atom is -0.295 e. The van der Waals surface area contributed by atoms with Crippen LogP contribution in [0.4, 0.5) is 0 Å². The first-order valence-corrected chi connectivity index (χ1v) is 11.1. The van der Waals surface area contributed by atoms with Crippen LogP contribution in [0.25, 0.3) is 10.9 Å². The fourth-order valence-corrected chi connectivity index (χ4v) is 5.25. The van der Waals surface area contributed by atoms with Crippen molar-refractivity contribution < 1.29 is 8.42 Å². The number of pyridine rings is 1. The Morgan fingerprint density at radius 2 is 1.61 bits per heavy atom. The Morgan fingerprint density at radius 1 is 0.964 bits per heavy atom. The Labute approximate surface area is 170 Å². The van der Waals surface area contributed by atoms with Crippen LogP contribution in [0.15, 0.2) is 59.5 Å². The lowest BCUT2D eigenvalue weighted by molar-refractivity contribution is 0.180. The van der Waals surface area contributed by atoms with Crippen molar-refractivity contribution in [2.75, 3.05) is 26.2 Å². The molecule has 5 nitrogen and oxygen atoms in total. The molecule has 1 saturated heterocycles. The van der Waals surface area contributed by atoms with Crippen molar-refractivity contribution in [3.05, 3.63) is 70.9 Å². The highest BCUT2D eigenvalue weighted by Gasteiger charge is 2.28. The van der Waals surface area contributed by atoms with E-state index in [0.29, 0.717) is 42.6 Å². The van der Waals surface area contributed by atoms with Crippen molar-refractivity contribution in [2.24, 2.45) is 0 Å². The Bertz CT molecular complexity index is 1100. The predicted molar refractivity (Wildman–Crippen MR) is 112 cm³/mol. The molecule has 7 heteroatoms. The third-order valence-electron chi connectivity index (χ3n) is 5.23.